The molecule has 0 N–H and O–H groups in total. The number of likely N-dealkylation sites (tertiary alicyclic amines) is 1. The van der Waals surface area contributed by atoms with Gasteiger partial charge in [-0.2, -0.15) is 0 Å². The lowest BCUT2D eigenvalue weighted by Crippen LogP contribution is -2.40. The van der Waals surface area contributed by atoms with Crippen molar-refractivity contribution < 1.29 is 13.9 Å². The van der Waals surface area contributed by atoms with Gasteiger partial charge in [-0.1, -0.05) is 24.6 Å². The highest BCUT2D eigenvalue weighted by Gasteiger charge is 2.19. The number of hydrogen-bond donors (Lipinski definition) is 0. The van der Waals surface area contributed by atoms with Crippen LogP contribution in [0.4, 0.5) is 0 Å². The van der Waals surface area contributed by atoms with Gasteiger partial charge in [0, 0.05) is 43.0 Å². The van der Waals surface area contributed by atoms with E-state index in [-0.39, 0.29) is 5.91 Å². The zero-order valence-electron chi connectivity index (χ0n) is 18.9. The Labute approximate surface area is 189 Å². The van der Waals surface area contributed by atoms with E-state index in [9.17, 15) is 4.79 Å². The van der Waals surface area contributed by atoms with Crippen LogP contribution in [0.3, 0.4) is 0 Å². The van der Waals surface area contributed by atoms with Crippen LogP contribution in [0.5, 0.6) is 0 Å². The molecule has 2 fully saturated rings. The third-order valence-electron chi connectivity index (χ3n) is 6.92. The minimum Gasteiger partial charge on any atom is -0.461 e. The predicted molar refractivity (Wildman–Crippen MR) is 127 cm³/mol. The van der Waals surface area contributed by atoms with Crippen molar-refractivity contribution in [2.24, 2.45) is 0 Å². The summed E-state index contributed by atoms with van der Waals surface area (Å²) in [6.45, 7) is 7.17. The van der Waals surface area contributed by atoms with E-state index in [1.807, 2.05) is 29.2 Å². The average molecular weight is 433 g/mol. The molecule has 1 amide bonds. The first-order valence-electron chi connectivity index (χ1n) is 11.9. The summed E-state index contributed by atoms with van der Waals surface area (Å²) in [5.74, 6) is 1.14. The van der Waals surface area contributed by atoms with Crippen LogP contribution in [-0.4, -0.2) is 61.1 Å². The van der Waals surface area contributed by atoms with Gasteiger partial charge in [0.15, 0.2) is 0 Å². The molecule has 168 valence electrons. The quantitative estimate of drug-likeness (QED) is 0.570. The van der Waals surface area contributed by atoms with Crippen molar-refractivity contribution >= 4 is 16.9 Å². The molecule has 2 aliphatic heterocycles. The van der Waals surface area contributed by atoms with Gasteiger partial charge in [0.05, 0.1) is 13.2 Å². The van der Waals surface area contributed by atoms with Gasteiger partial charge in [-0.15, -0.1) is 0 Å². The first-order valence-corrected chi connectivity index (χ1v) is 11.9. The van der Waals surface area contributed by atoms with E-state index in [1.54, 1.807) is 0 Å². The molecule has 0 spiro atoms. The maximum atomic E-state index is 12.7. The molecular weight excluding hydrogens is 400 g/mol. The Bertz CT molecular complexity index is 1070. The van der Waals surface area contributed by atoms with Crippen molar-refractivity contribution in [1.82, 2.24) is 9.80 Å². The molecule has 5 heteroatoms. The van der Waals surface area contributed by atoms with Crippen LogP contribution in [0.25, 0.3) is 22.1 Å². The monoisotopic (exact) mass is 432 g/mol. The van der Waals surface area contributed by atoms with E-state index in [2.05, 4.69) is 36.1 Å². The molecule has 3 aromatic rings. The maximum absolute atomic E-state index is 12.7. The van der Waals surface area contributed by atoms with E-state index < -0.39 is 0 Å². The van der Waals surface area contributed by atoms with Crippen LogP contribution in [0, 0.1) is 0 Å². The van der Waals surface area contributed by atoms with Crippen molar-refractivity contribution in [3.63, 3.8) is 0 Å². The maximum Gasteiger partial charge on any atom is 0.254 e. The molecule has 5 rings (SSSR count). The molecule has 3 heterocycles. The number of furan rings is 1. The number of fused-ring (bicyclic) bond motifs is 1. The minimum absolute atomic E-state index is 0.0813. The standard InChI is InChI=1S/C27H32N2O3/c1-20-4-2-3-12-28(20)13-11-25-19-24-18-23(9-10-26(24)32-25)21-5-7-22(8-6-21)27(30)29-14-16-31-17-15-29/h5-10,18-20H,2-4,11-17H2,1H3. The normalized spacial score (nSPS) is 20.0. The number of hydrogen-bond acceptors (Lipinski definition) is 4. The number of ether oxygens (including phenoxy) is 1. The van der Waals surface area contributed by atoms with Crippen molar-refractivity contribution in [3.05, 3.63) is 59.9 Å². The highest BCUT2D eigenvalue weighted by molar-refractivity contribution is 5.95. The van der Waals surface area contributed by atoms with Crippen LogP contribution < -0.4 is 0 Å². The minimum atomic E-state index is 0.0813. The third kappa shape index (κ3) is 4.59. The highest BCUT2D eigenvalue weighted by atomic mass is 16.5. The predicted octanol–water partition coefficient (Wildman–Crippen LogP) is 4.99. The van der Waals surface area contributed by atoms with Crippen molar-refractivity contribution in [2.45, 2.75) is 38.6 Å². The fourth-order valence-corrected chi connectivity index (χ4v) is 4.90. The Morgan fingerprint density at radius 2 is 1.75 bits per heavy atom. The molecule has 1 unspecified atom stereocenters. The summed E-state index contributed by atoms with van der Waals surface area (Å²) in [5.41, 5.74) is 3.92. The van der Waals surface area contributed by atoms with Gasteiger partial charge >= 0.3 is 0 Å². The van der Waals surface area contributed by atoms with E-state index >= 15 is 0 Å². The zero-order valence-corrected chi connectivity index (χ0v) is 18.9. The van der Waals surface area contributed by atoms with Crippen molar-refractivity contribution in [3.8, 4) is 11.1 Å². The Morgan fingerprint density at radius 3 is 2.53 bits per heavy atom. The second kappa shape index (κ2) is 9.47. The molecule has 1 atom stereocenters. The largest absolute Gasteiger partial charge is 0.461 e. The summed E-state index contributed by atoms with van der Waals surface area (Å²) >= 11 is 0. The molecular formula is C27H32N2O3. The Balaban J connectivity index is 1.27. The molecule has 5 nitrogen and oxygen atoms in total. The zero-order chi connectivity index (χ0) is 21.9. The van der Waals surface area contributed by atoms with Gasteiger partial charge in [-0.05, 0) is 67.8 Å². The molecule has 0 aliphatic carbocycles. The van der Waals surface area contributed by atoms with Crippen LogP contribution in [0.1, 0.15) is 42.3 Å². The van der Waals surface area contributed by atoms with Crippen LogP contribution in [0.2, 0.25) is 0 Å². The fourth-order valence-electron chi connectivity index (χ4n) is 4.90. The van der Waals surface area contributed by atoms with Gasteiger partial charge in [-0.25, -0.2) is 0 Å². The Hall–Kier alpha value is -2.63. The average Bonchev–Trinajstić information content (AvgIpc) is 3.26. The number of piperidine rings is 1. The van der Waals surface area contributed by atoms with Gasteiger partial charge in [0.25, 0.3) is 5.91 Å². The lowest BCUT2D eigenvalue weighted by molar-refractivity contribution is 0.0303. The first kappa shape index (κ1) is 21.2. The molecule has 1 aromatic heterocycles. The number of morpholine rings is 1. The fraction of sp³-hybridized carbons (Fsp3) is 0.444. The van der Waals surface area contributed by atoms with E-state index in [0.29, 0.717) is 32.3 Å². The Morgan fingerprint density at radius 1 is 0.969 bits per heavy atom. The van der Waals surface area contributed by atoms with Gasteiger partial charge in [0.2, 0.25) is 0 Å². The second-order valence-electron chi connectivity index (χ2n) is 9.08. The van der Waals surface area contributed by atoms with E-state index in [4.69, 9.17) is 9.15 Å². The van der Waals surface area contributed by atoms with Crippen molar-refractivity contribution in [2.75, 3.05) is 39.4 Å². The topological polar surface area (TPSA) is 45.9 Å². The molecule has 0 bridgehead atoms. The highest BCUT2D eigenvalue weighted by Crippen LogP contribution is 2.28. The summed E-state index contributed by atoms with van der Waals surface area (Å²) in [5, 5.41) is 1.14. The lowest BCUT2D eigenvalue weighted by atomic mass is 10.0. The van der Waals surface area contributed by atoms with Gasteiger partial charge in [-0.3, -0.25) is 4.79 Å². The summed E-state index contributed by atoms with van der Waals surface area (Å²) in [6.07, 6.45) is 4.92. The molecule has 2 saturated heterocycles. The molecule has 0 saturated carbocycles. The summed E-state index contributed by atoms with van der Waals surface area (Å²) in [7, 11) is 0. The molecule has 0 radical (unpaired) electrons. The van der Waals surface area contributed by atoms with Crippen LogP contribution in [-0.2, 0) is 11.2 Å². The number of nitrogens with zero attached hydrogens (tertiary/aromatic N) is 2. The molecule has 32 heavy (non-hydrogen) atoms. The summed E-state index contributed by atoms with van der Waals surface area (Å²) in [6, 6.07) is 17.1. The molecule has 2 aliphatic rings. The number of carbonyl (C=O) groups is 1. The number of carbonyl (C=O) groups excluding carboxylic acids is 1. The molecule has 2 aromatic carbocycles. The number of rotatable bonds is 5. The second-order valence-corrected chi connectivity index (χ2v) is 9.08. The van der Waals surface area contributed by atoms with Gasteiger partial charge < -0.3 is 19.0 Å². The number of amides is 1. The van der Waals surface area contributed by atoms with Gasteiger partial charge in [0.1, 0.15) is 11.3 Å². The van der Waals surface area contributed by atoms with Crippen LogP contribution in [0.15, 0.2) is 52.9 Å². The smallest absolute Gasteiger partial charge is 0.254 e. The van der Waals surface area contributed by atoms with Crippen molar-refractivity contribution in [1.29, 1.82) is 0 Å². The van der Waals surface area contributed by atoms with E-state index in [0.717, 1.165) is 46.4 Å². The summed E-state index contributed by atoms with van der Waals surface area (Å²) in [4.78, 5) is 17.1. The third-order valence-corrected chi connectivity index (χ3v) is 6.92. The first-order chi connectivity index (χ1) is 15.7. The van der Waals surface area contributed by atoms with E-state index in [1.165, 1.54) is 25.8 Å². The lowest BCUT2D eigenvalue weighted by Gasteiger charge is -2.32. The van der Waals surface area contributed by atoms with Crippen LogP contribution >= 0.6 is 0 Å². The Kier molecular flexibility index (Phi) is 6.28. The number of benzene rings is 2. The summed E-state index contributed by atoms with van der Waals surface area (Å²) < 4.78 is 11.5. The SMILES string of the molecule is CC1CCCCN1CCc1cc2cc(-c3ccc(C(=O)N4CCOCC4)cc3)ccc2o1.